The predicted molar refractivity (Wildman–Crippen MR) is 113 cm³/mol. The lowest BCUT2D eigenvalue weighted by atomic mass is 10.2. The van der Waals surface area contributed by atoms with Crippen molar-refractivity contribution in [3.8, 4) is 11.5 Å². The molecule has 2 aromatic carbocycles. The van der Waals surface area contributed by atoms with Crippen molar-refractivity contribution in [2.24, 2.45) is 0 Å². The van der Waals surface area contributed by atoms with Gasteiger partial charge in [-0.3, -0.25) is 9.59 Å². The summed E-state index contributed by atoms with van der Waals surface area (Å²) < 4.78 is 11.7. The molecule has 0 saturated carbocycles. The van der Waals surface area contributed by atoms with Crippen LogP contribution in [0.5, 0.6) is 11.5 Å². The van der Waals surface area contributed by atoms with Crippen molar-refractivity contribution in [1.82, 2.24) is 15.2 Å². The highest BCUT2D eigenvalue weighted by atomic mass is 32.1. The molecule has 1 N–H and O–H groups in total. The number of carbonyl (C=O) groups excluding carboxylic acids is 2. The number of nitrogens with zero attached hydrogens (tertiary/aromatic N) is 3. The number of ether oxygens (including phenoxy) is 2. The van der Waals surface area contributed by atoms with Crippen LogP contribution in [-0.2, 0) is 4.79 Å². The van der Waals surface area contributed by atoms with Crippen LogP contribution in [0.15, 0.2) is 42.5 Å². The maximum Gasteiger partial charge on any atom is 0.251 e. The highest BCUT2D eigenvalue weighted by Crippen LogP contribution is 2.32. The van der Waals surface area contributed by atoms with Crippen molar-refractivity contribution >= 4 is 38.5 Å². The number of thiazole rings is 1. The van der Waals surface area contributed by atoms with E-state index in [9.17, 15) is 9.59 Å². The van der Waals surface area contributed by atoms with Crippen molar-refractivity contribution in [3.63, 3.8) is 0 Å². The summed E-state index contributed by atoms with van der Waals surface area (Å²) in [6.45, 7) is 2.78. The second-order valence-corrected chi connectivity index (χ2v) is 8.09. The molecular formula is C21H20N4O4S. The fourth-order valence-electron chi connectivity index (χ4n) is 3.55. The number of piperazine rings is 1. The number of fused-ring (bicyclic) bond motifs is 2. The summed E-state index contributed by atoms with van der Waals surface area (Å²) in [5.41, 5.74) is 1.44. The molecule has 2 aliphatic heterocycles. The first-order valence-electron chi connectivity index (χ1n) is 9.73. The van der Waals surface area contributed by atoms with Crippen LogP contribution in [0.1, 0.15) is 10.4 Å². The van der Waals surface area contributed by atoms with E-state index in [1.54, 1.807) is 34.4 Å². The van der Waals surface area contributed by atoms with Crippen LogP contribution in [-0.4, -0.2) is 61.2 Å². The molecule has 1 aromatic heterocycles. The van der Waals surface area contributed by atoms with Gasteiger partial charge in [0.25, 0.3) is 5.91 Å². The number of hydrogen-bond donors (Lipinski definition) is 1. The van der Waals surface area contributed by atoms with Crippen LogP contribution in [0.2, 0.25) is 0 Å². The minimum absolute atomic E-state index is 0.0333. The van der Waals surface area contributed by atoms with Gasteiger partial charge in [-0.1, -0.05) is 23.5 Å². The molecule has 1 fully saturated rings. The van der Waals surface area contributed by atoms with Gasteiger partial charge in [-0.15, -0.1) is 0 Å². The number of rotatable bonds is 4. The van der Waals surface area contributed by atoms with Crippen LogP contribution in [0.25, 0.3) is 10.2 Å². The number of para-hydroxylation sites is 1. The Morgan fingerprint density at radius 2 is 1.83 bits per heavy atom. The van der Waals surface area contributed by atoms with Crippen molar-refractivity contribution in [2.45, 2.75) is 0 Å². The second-order valence-electron chi connectivity index (χ2n) is 7.08. The standard InChI is InChI=1S/C21H20N4O4S/c26-19(12-22-20(27)14-5-6-16-17(11-14)29-13-28-16)24-7-9-25(10-8-24)21-23-15-3-1-2-4-18(15)30-21/h1-6,11H,7-10,12-13H2,(H,22,27). The first-order chi connectivity index (χ1) is 14.7. The summed E-state index contributed by atoms with van der Waals surface area (Å²) >= 11 is 1.67. The Kier molecular flexibility index (Phi) is 4.88. The molecule has 2 amide bonds. The van der Waals surface area contributed by atoms with E-state index in [-0.39, 0.29) is 25.2 Å². The topological polar surface area (TPSA) is 84.0 Å². The lowest BCUT2D eigenvalue weighted by molar-refractivity contribution is -0.130. The number of nitrogens with one attached hydrogen (secondary N) is 1. The van der Waals surface area contributed by atoms with Crippen molar-refractivity contribution in [2.75, 3.05) is 44.4 Å². The molecule has 9 heteroatoms. The normalized spacial score (nSPS) is 15.5. The van der Waals surface area contributed by atoms with E-state index in [1.807, 2.05) is 18.2 Å². The fraction of sp³-hybridized carbons (Fsp3) is 0.286. The smallest absolute Gasteiger partial charge is 0.251 e. The Bertz CT molecular complexity index is 1070. The van der Waals surface area contributed by atoms with Gasteiger partial charge in [0, 0.05) is 31.7 Å². The van der Waals surface area contributed by atoms with E-state index >= 15 is 0 Å². The molecule has 30 heavy (non-hydrogen) atoms. The van der Waals surface area contributed by atoms with E-state index in [4.69, 9.17) is 9.47 Å². The van der Waals surface area contributed by atoms with E-state index in [0.29, 0.717) is 30.2 Å². The average Bonchev–Trinajstić information content (AvgIpc) is 3.43. The molecule has 0 atom stereocenters. The number of carbonyl (C=O) groups is 2. The fourth-order valence-corrected chi connectivity index (χ4v) is 4.57. The van der Waals surface area contributed by atoms with Gasteiger partial charge < -0.3 is 24.6 Å². The predicted octanol–water partition coefficient (Wildman–Crippen LogP) is 2.10. The van der Waals surface area contributed by atoms with Crippen molar-refractivity contribution in [1.29, 1.82) is 0 Å². The minimum atomic E-state index is -0.310. The highest BCUT2D eigenvalue weighted by Gasteiger charge is 2.24. The number of benzene rings is 2. The first-order valence-corrected chi connectivity index (χ1v) is 10.6. The Balaban J connectivity index is 1.14. The third kappa shape index (κ3) is 3.63. The molecule has 5 rings (SSSR count). The second kappa shape index (κ2) is 7.83. The molecule has 0 aliphatic carbocycles. The third-order valence-electron chi connectivity index (χ3n) is 5.22. The minimum Gasteiger partial charge on any atom is -0.454 e. The molecule has 0 radical (unpaired) electrons. The molecule has 0 unspecified atom stereocenters. The first kappa shape index (κ1) is 18.7. The quantitative estimate of drug-likeness (QED) is 0.691. The molecule has 8 nitrogen and oxygen atoms in total. The summed E-state index contributed by atoms with van der Waals surface area (Å²) in [6.07, 6.45) is 0. The Labute approximate surface area is 177 Å². The van der Waals surface area contributed by atoms with Gasteiger partial charge >= 0.3 is 0 Å². The zero-order valence-electron chi connectivity index (χ0n) is 16.2. The van der Waals surface area contributed by atoms with Crippen LogP contribution in [0, 0.1) is 0 Å². The van der Waals surface area contributed by atoms with Crippen LogP contribution >= 0.6 is 11.3 Å². The Morgan fingerprint density at radius 1 is 1.03 bits per heavy atom. The monoisotopic (exact) mass is 424 g/mol. The largest absolute Gasteiger partial charge is 0.454 e. The summed E-state index contributed by atoms with van der Waals surface area (Å²) in [5.74, 6) is 0.761. The Hall–Kier alpha value is -3.33. The summed E-state index contributed by atoms with van der Waals surface area (Å²) in [5, 5.41) is 3.68. The van der Waals surface area contributed by atoms with E-state index < -0.39 is 0 Å². The van der Waals surface area contributed by atoms with Crippen molar-refractivity contribution < 1.29 is 19.1 Å². The van der Waals surface area contributed by atoms with Gasteiger partial charge in [-0.05, 0) is 30.3 Å². The van der Waals surface area contributed by atoms with Gasteiger partial charge in [0.05, 0.1) is 16.8 Å². The van der Waals surface area contributed by atoms with Crippen LogP contribution < -0.4 is 19.7 Å². The number of amides is 2. The molecule has 1 saturated heterocycles. The highest BCUT2D eigenvalue weighted by molar-refractivity contribution is 7.22. The zero-order chi connectivity index (χ0) is 20.5. The van der Waals surface area contributed by atoms with E-state index in [0.717, 1.165) is 28.4 Å². The lowest BCUT2D eigenvalue weighted by Crippen LogP contribution is -2.51. The molecule has 0 bridgehead atoms. The van der Waals surface area contributed by atoms with Gasteiger partial charge in [0.2, 0.25) is 12.7 Å². The zero-order valence-corrected chi connectivity index (χ0v) is 17.0. The molecule has 2 aliphatic rings. The maximum absolute atomic E-state index is 12.5. The van der Waals surface area contributed by atoms with Gasteiger partial charge in [0.15, 0.2) is 16.6 Å². The molecule has 3 heterocycles. The summed E-state index contributed by atoms with van der Waals surface area (Å²) in [7, 11) is 0. The maximum atomic E-state index is 12.5. The number of hydrogen-bond acceptors (Lipinski definition) is 7. The molecular weight excluding hydrogens is 404 g/mol. The van der Waals surface area contributed by atoms with E-state index in [2.05, 4.69) is 21.3 Å². The molecule has 0 spiro atoms. The van der Waals surface area contributed by atoms with Gasteiger partial charge in [-0.25, -0.2) is 4.98 Å². The average molecular weight is 424 g/mol. The lowest BCUT2D eigenvalue weighted by Gasteiger charge is -2.34. The number of aromatic nitrogens is 1. The molecule has 154 valence electrons. The van der Waals surface area contributed by atoms with Crippen molar-refractivity contribution in [3.05, 3.63) is 48.0 Å². The summed E-state index contributed by atoms with van der Waals surface area (Å²) in [6, 6.07) is 13.1. The van der Waals surface area contributed by atoms with Gasteiger partial charge in [0.1, 0.15) is 0 Å². The Morgan fingerprint density at radius 3 is 2.67 bits per heavy atom. The third-order valence-corrected chi connectivity index (χ3v) is 6.32. The molecule has 3 aromatic rings. The van der Waals surface area contributed by atoms with Crippen LogP contribution in [0.3, 0.4) is 0 Å². The SMILES string of the molecule is O=C(NCC(=O)N1CCN(c2nc3ccccc3s2)CC1)c1ccc2c(c1)OCO2. The summed E-state index contributed by atoms with van der Waals surface area (Å²) in [4.78, 5) is 33.6. The van der Waals surface area contributed by atoms with E-state index in [1.165, 1.54) is 0 Å². The number of anilines is 1. The van der Waals surface area contributed by atoms with Gasteiger partial charge in [-0.2, -0.15) is 0 Å². The van der Waals surface area contributed by atoms with Crippen LogP contribution in [0.4, 0.5) is 5.13 Å².